The van der Waals surface area contributed by atoms with Gasteiger partial charge in [0.15, 0.2) is 0 Å². The van der Waals surface area contributed by atoms with Gasteiger partial charge in [0.05, 0.1) is 25.3 Å². The number of hydrogen-bond acceptors (Lipinski definition) is 5. The highest BCUT2D eigenvalue weighted by atomic mass is 35.5. The van der Waals surface area contributed by atoms with Crippen molar-refractivity contribution in [1.29, 1.82) is 0 Å². The third-order valence-corrected chi connectivity index (χ3v) is 5.00. The van der Waals surface area contributed by atoms with Gasteiger partial charge in [0.25, 0.3) is 0 Å². The van der Waals surface area contributed by atoms with Gasteiger partial charge in [-0.1, -0.05) is 23.7 Å². The number of pyridine rings is 1. The van der Waals surface area contributed by atoms with E-state index >= 15 is 0 Å². The van der Waals surface area contributed by atoms with Crippen LogP contribution >= 0.6 is 11.6 Å². The SMILES string of the molecule is COc1ccc(CN2C(=O)OC3COCCC3c3cc(Cl)cnc32)cc1. The van der Waals surface area contributed by atoms with Crippen LogP contribution in [0.3, 0.4) is 0 Å². The first-order valence-electron chi connectivity index (χ1n) is 8.50. The van der Waals surface area contributed by atoms with E-state index in [1.165, 1.54) is 0 Å². The first kappa shape index (κ1) is 17.1. The fraction of sp³-hybridized carbons (Fsp3) is 0.368. The molecular weight excluding hydrogens is 356 g/mol. The summed E-state index contributed by atoms with van der Waals surface area (Å²) in [5, 5.41) is 0.549. The van der Waals surface area contributed by atoms with Crippen LogP contribution in [0.25, 0.3) is 0 Å². The molecule has 2 aliphatic heterocycles. The normalized spacial score (nSPS) is 22.1. The standard InChI is InChI=1S/C19H19ClN2O4/c1-24-14-4-2-12(3-5-14)10-22-18-16(8-13(20)9-21-18)15-6-7-25-11-17(15)26-19(22)23/h2-5,8-9,15,17H,6-7,10-11H2,1H3. The molecule has 1 fully saturated rings. The van der Waals surface area contributed by atoms with E-state index < -0.39 is 6.09 Å². The summed E-state index contributed by atoms with van der Waals surface area (Å²) in [6, 6.07) is 9.45. The summed E-state index contributed by atoms with van der Waals surface area (Å²) in [6.45, 7) is 1.37. The Hall–Kier alpha value is -2.31. The molecule has 26 heavy (non-hydrogen) atoms. The summed E-state index contributed by atoms with van der Waals surface area (Å²) in [7, 11) is 1.62. The highest BCUT2D eigenvalue weighted by Gasteiger charge is 2.39. The average Bonchev–Trinajstić information content (AvgIpc) is 2.77. The van der Waals surface area contributed by atoms with Gasteiger partial charge in [-0.15, -0.1) is 0 Å². The maximum Gasteiger partial charge on any atom is 0.416 e. The number of aromatic nitrogens is 1. The first-order valence-corrected chi connectivity index (χ1v) is 8.88. The molecule has 0 bridgehead atoms. The second-order valence-corrected chi connectivity index (χ2v) is 6.83. The number of halogens is 1. The summed E-state index contributed by atoms with van der Waals surface area (Å²) in [4.78, 5) is 18.8. The zero-order valence-corrected chi connectivity index (χ0v) is 15.1. The van der Waals surface area contributed by atoms with Crippen LogP contribution in [0.1, 0.15) is 23.5 Å². The number of hydrogen-bond donors (Lipinski definition) is 0. The number of nitrogens with zero attached hydrogens (tertiary/aromatic N) is 2. The van der Waals surface area contributed by atoms with Crippen molar-refractivity contribution in [2.45, 2.75) is 25.0 Å². The van der Waals surface area contributed by atoms with Crippen molar-refractivity contribution in [2.24, 2.45) is 0 Å². The number of ether oxygens (including phenoxy) is 3. The van der Waals surface area contributed by atoms with Crippen LogP contribution in [0, 0.1) is 0 Å². The van der Waals surface area contributed by atoms with E-state index in [0.29, 0.717) is 30.6 Å². The fourth-order valence-electron chi connectivity index (χ4n) is 3.46. The van der Waals surface area contributed by atoms with Gasteiger partial charge in [-0.2, -0.15) is 0 Å². The minimum atomic E-state index is -0.421. The number of carbonyl (C=O) groups is 1. The van der Waals surface area contributed by atoms with Crippen LogP contribution in [-0.4, -0.2) is 37.5 Å². The Balaban J connectivity index is 1.72. The minimum Gasteiger partial charge on any atom is -0.497 e. The van der Waals surface area contributed by atoms with Crippen molar-refractivity contribution in [1.82, 2.24) is 4.98 Å². The molecule has 1 aromatic carbocycles. The van der Waals surface area contributed by atoms with E-state index in [1.54, 1.807) is 18.2 Å². The Morgan fingerprint density at radius 2 is 2.15 bits per heavy atom. The fourth-order valence-corrected chi connectivity index (χ4v) is 3.63. The summed E-state index contributed by atoms with van der Waals surface area (Å²) >= 11 is 6.19. The molecule has 1 amide bonds. The highest BCUT2D eigenvalue weighted by molar-refractivity contribution is 6.30. The molecule has 0 aliphatic carbocycles. The van der Waals surface area contributed by atoms with Gasteiger partial charge >= 0.3 is 6.09 Å². The lowest BCUT2D eigenvalue weighted by molar-refractivity contribution is -0.0259. The van der Waals surface area contributed by atoms with Crippen LogP contribution in [0.4, 0.5) is 10.6 Å². The Morgan fingerprint density at radius 3 is 2.92 bits per heavy atom. The molecule has 6 nitrogen and oxygen atoms in total. The molecule has 0 N–H and O–H groups in total. The molecule has 0 radical (unpaired) electrons. The minimum absolute atomic E-state index is 0.0368. The number of benzene rings is 1. The molecule has 2 aromatic rings. The maximum absolute atomic E-state index is 12.8. The predicted octanol–water partition coefficient (Wildman–Crippen LogP) is 3.77. The summed E-state index contributed by atoms with van der Waals surface area (Å²) in [5.74, 6) is 1.40. The second kappa shape index (κ2) is 7.13. The monoisotopic (exact) mass is 374 g/mol. The smallest absolute Gasteiger partial charge is 0.416 e. The largest absolute Gasteiger partial charge is 0.497 e. The Bertz CT molecular complexity index is 812. The number of methoxy groups -OCH3 is 1. The predicted molar refractivity (Wildman–Crippen MR) is 96.9 cm³/mol. The topological polar surface area (TPSA) is 60.9 Å². The van der Waals surface area contributed by atoms with Crippen molar-refractivity contribution in [3.05, 3.63) is 52.7 Å². The molecular formula is C19H19ClN2O4. The molecule has 1 aromatic heterocycles. The van der Waals surface area contributed by atoms with E-state index in [-0.39, 0.29) is 12.0 Å². The molecule has 3 heterocycles. The van der Waals surface area contributed by atoms with Crippen molar-refractivity contribution in [3.63, 3.8) is 0 Å². The van der Waals surface area contributed by atoms with Gasteiger partial charge < -0.3 is 14.2 Å². The number of anilines is 1. The first-order chi connectivity index (χ1) is 12.7. The van der Waals surface area contributed by atoms with Crippen molar-refractivity contribution in [2.75, 3.05) is 25.2 Å². The van der Waals surface area contributed by atoms with E-state index in [1.807, 2.05) is 30.3 Å². The molecule has 4 rings (SSSR count). The third kappa shape index (κ3) is 3.22. The second-order valence-electron chi connectivity index (χ2n) is 6.39. The van der Waals surface area contributed by atoms with Crippen molar-refractivity contribution in [3.8, 4) is 5.75 Å². The van der Waals surface area contributed by atoms with E-state index in [0.717, 1.165) is 23.3 Å². The highest BCUT2D eigenvalue weighted by Crippen LogP contribution is 2.39. The Morgan fingerprint density at radius 1 is 1.35 bits per heavy atom. The molecule has 2 unspecified atom stereocenters. The van der Waals surface area contributed by atoms with Crippen LogP contribution in [0.15, 0.2) is 36.5 Å². The zero-order chi connectivity index (χ0) is 18.1. The van der Waals surface area contributed by atoms with Gasteiger partial charge in [0.1, 0.15) is 17.7 Å². The van der Waals surface area contributed by atoms with Crippen LogP contribution in [-0.2, 0) is 16.0 Å². The summed E-state index contributed by atoms with van der Waals surface area (Å²) in [6.07, 6.45) is 1.59. The average molecular weight is 375 g/mol. The van der Waals surface area contributed by atoms with Gasteiger partial charge in [-0.3, -0.25) is 4.90 Å². The molecule has 1 saturated heterocycles. The molecule has 2 aliphatic rings. The third-order valence-electron chi connectivity index (χ3n) is 4.79. The molecule has 2 atom stereocenters. The Kier molecular flexibility index (Phi) is 4.70. The number of rotatable bonds is 3. The van der Waals surface area contributed by atoms with E-state index in [9.17, 15) is 4.79 Å². The van der Waals surface area contributed by atoms with E-state index in [2.05, 4.69) is 4.98 Å². The van der Waals surface area contributed by atoms with Gasteiger partial charge in [0.2, 0.25) is 0 Å². The Labute approximate surface area is 156 Å². The lowest BCUT2D eigenvalue weighted by Crippen LogP contribution is -2.36. The quantitative estimate of drug-likeness (QED) is 0.818. The maximum atomic E-state index is 12.8. The summed E-state index contributed by atoms with van der Waals surface area (Å²) < 4.78 is 16.4. The van der Waals surface area contributed by atoms with Crippen LogP contribution in [0.5, 0.6) is 5.75 Å². The van der Waals surface area contributed by atoms with Gasteiger partial charge in [-0.05, 0) is 30.2 Å². The molecule has 0 spiro atoms. The van der Waals surface area contributed by atoms with Crippen LogP contribution < -0.4 is 9.64 Å². The lowest BCUT2D eigenvalue weighted by atomic mass is 9.89. The van der Waals surface area contributed by atoms with E-state index in [4.69, 9.17) is 25.8 Å². The van der Waals surface area contributed by atoms with Gasteiger partial charge in [-0.25, -0.2) is 9.78 Å². The lowest BCUT2D eigenvalue weighted by Gasteiger charge is -2.29. The number of carbonyl (C=O) groups excluding carboxylic acids is 1. The van der Waals surface area contributed by atoms with Gasteiger partial charge in [0, 0.05) is 24.3 Å². The number of fused-ring (bicyclic) bond motifs is 3. The molecule has 136 valence electrons. The molecule has 0 saturated carbocycles. The van der Waals surface area contributed by atoms with Crippen molar-refractivity contribution >= 4 is 23.5 Å². The summed E-state index contributed by atoms with van der Waals surface area (Å²) in [5.41, 5.74) is 1.89. The van der Waals surface area contributed by atoms with Crippen LogP contribution in [0.2, 0.25) is 5.02 Å². The molecule has 7 heteroatoms. The van der Waals surface area contributed by atoms with Crippen molar-refractivity contribution < 1.29 is 19.0 Å². The zero-order valence-electron chi connectivity index (χ0n) is 14.4. The number of amides is 1.